The highest BCUT2D eigenvalue weighted by molar-refractivity contribution is 7.89. The second-order valence-corrected chi connectivity index (χ2v) is 6.02. The van der Waals surface area contributed by atoms with Crippen LogP contribution in [0.3, 0.4) is 0 Å². The summed E-state index contributed by atoms with van der Waals surface area (Å²) < 4.78 is 22.6. The summed E-state index contributed by atoms with van der Waals surface area (Å²) in [6.45, 7) is 2.40. The SMILES string of the molecule is Cc1ccc(CNc2cc(S(N)(=O)=O)ccc2N)cn1. The first-order valence-corrected chi connectivity index (χ1v) is 7.48. The third-order valence-corrected chi connectivity index (χ3v) is 3.72. The van der Waals surface area contributed by atoms with E-state index >= 15 is 0 Å². The number of rotatable bonds is 4. The van der Waals surface area contributed by atoms with Gasteiger partial charge in [0.1, 0.15) is 0 Å². The molecule has 0 saturated heterocycles. The van der Waals surface area contributed by atoms with Crippen molar-refractivity contribution in [1.82, 2.24) is 4.98 Å². The van der Waals surface area contributed by atoms with Gasteiger partial charge in [0.15, 0.2) is 0 Å². The Hall–Kier alpha value is -2.12. The lowest BCUT2D eigenvalue weighted by Gasteiger charge is -2.10. The number of pyridine rings is 1. The molecule has 0 amide bonds. The van der Waals surface area contributed by atoms with Gasteiger partial charge in [-0.2, -0.15) is 0 Å². The number of benzene rings is 1. The van der Waals surface area contributed by atoms with Crippen LogP contribution in [0.2, 0.25) is 0 Å². The van der Waals surface area contributed by atoms with Crippen LogP contribution in [0.4, 0.5) is 11.4 Å². The Morgan fingerprint density at radius 1 is 1.25 bits per heavy atom. The second-order valence-electron chi connectivity index (χ2n) is 4.46. The van der Waals surface area contributed by atoms with Gasteiger partial charge in [-0.05, 0) is 36.8 Å². The van der Waals surface area contributed by atoms with Gasteiger partial charge in [-0.25, -0.2) is 13.6 Å². The van der Waals surface area contributed by atoms with Gasteiger partial charge in [-0.3, -0.25) is 4.98 Å². The molecule has 0 bridgehead atoms. The maximum Gasteiger partial charge on any atom is 0.238 e. The molecule has 5 N–H and O–H groups in total. The number of nitrogens with two attached hydrogens (primary N) is 2. The fraction of sp³-hybridized carbons (Fsp3) is 0.154. The molecule has 2 aromatic rings. The topological polar surface area (TPSA) is 111 Å². The van der Waals surface area contributed by atoms with E-state index < -0.39 is 10.0 Å². The summed E-state index contributed by atoms with van der Waals surface area (Å²) in [7, 11) is -3.74. The average Bonchev–Trinajstić information content (AvgIpc) is 2.38. The Labute approximate surface area is 117 Å². The van der Waals surface area contributed by atoms with E-state index in [1.54, 1.807) is 6.20 Å². The van der Waals surface area contributed by atoms with Crippen molar-refractivity contribution < 1.29 is 8.42 Å². The smallest absolute Gasteiger partial charge is 0.238 e. The quantitative estimate of drug-likeness (QED) is 0.734. The van der Waals surface area contributed by atoms with Crippen LogP contribution in [-0.4, -0.2) is 13.4 Å². The van der Waals surface area contributed by atoms with Gasteiger partial charge in [0, 0.05) is 18.4 Å². The number of aromatic nitrogens is 1. The van der Waals surface area contributed by atoms with Crippen molar-refractivity contribution in [2.45, 2.75) is 18.4 Å². The van der Waals surface area contributed by atoms with Crippen LogP contribution in [0.1, 0.15) is 11.3 Å². The number of nitrogen functional groups attached to an aromatic ring is 1. The molecule has 0 aliphatic carbocycles. The maximum absolute atomic E-state index is 11.3. The number of hydrogen-bond acceptors (Lipinski definition) is 5. The first-order valence-electron chi connectivity index (χ1n) is 5.94. The maximum atomic E-state index is 11.3. The minimum atomic E-state index is -3.74. The normalized spacial score (nSPS) is 11.3. The van der Waals surface area contributed by atoms with Crippen molar-refractivity contribution >= 4 is 21.4 Å². The molecule has 0 spiro atoms. The Morgan fingerprint density at radius 2 is 2.00 bits per heavy atom. The zero-order chi connectivity index (χ0) is 14.8. The number of anilines is 2. The summed E-state index contributed by atoms with van der Waals surface area (Å²) in [6.07, 6.45) is 1.75. The standard InChI is InChI=1S/C13H16N4O2S/c1-9-2-3-10(7-16-9)8-17-13-6-11(20(15,18)19)4-5-12(13)14/h2-7,17H,8,14H2,1H3,(H2,15,18,19). The lowest BCUT2D eigenvalue weighted by Crippen LogP contribution is -2.13. The van der Waals surface area contributed by atoms with Crippen molar-refractivity contribution in [3.05, 3.63) is 47.8 Å². The first kappa shape index (κ1) is 14.3. The molecule has 1 aromatic heterocycles. The van der Waals surface area contributed by atoms with E-state index in [9.17, 15) is 8.42 Å². The highest BCUT2D eigenvalue weighted by atomic mass is 32.2. The molecule has 0 aliphatic heterocycles. The molecule has 20 heavy (non-hydrogen) atoms. The third-order valence-electron chi connectivity index (χ3n) is 2.81. The van der Waals surface area contributed by atoms with Crippen LogP contribution in [0.15, 0.2) is 41.4 Å². The van der Waals surface area contributed by atoms with Crippen LogP contribution in [0.5, 0.6) is 0 Å². The van der Waals surface area contributed by atoms with Crippen LogP contribution in [0, 0.1) is 6.92 Å². The van der Waals surface area contributed by atoms with E-state index in [1.165, 1.54) is 18.2 Å². The number of primary sulfonamides is 1. The lowest BCUT2D eigenvalue weighted by atomic mass is 10.2. The molecule has 0 unspecified atom stereocenters. The van der Waals surface area contributed by atoms with Gasteiger partial charge in [0.25, 0.3) is 0 Å². The van der Waals surface area contributed by atoms with E-state index in [2.05, 4.69) is 10.3 Å². The molecule has 1 heterocycles. The fourth-order valence-corrected chi connectivity index (χ4v) is 2.21. The van der Waals surface area contributed by atoms with Gasteiger partial charge in [0.2, 0.25) is 10.0 Å². The molecule has 0 atom stereocenters. The second kappa shape index (κ2) is 5.48. The minimum absolute atomic E-state index is 0.0243. The highest BCUT2D eigenvalue weighted by Crippen LogP contribution is 2.22. The van der Waals surface area contributed by atoms with Crippen molar-refractivity contribution in [1.29, 1.82) is 0 Å². The molecule has 0 fully saturated rings. The summed E-state index contributed by atoms with van der Waals surface area (Å²) in [5, 5.41) is 8.17. The predicted molar refractivity (Wildman–Crippen MR) is 78.5 cm³/mol. The van der Waals surface area contributed by atoms with Gasteiger partial charge >= 0.3 is 0 Å². The fourth-order valence-electron chi connectivity index (χ4n) is 1.67. The predicted octanol–water partition coefficient (Wildman–Crippen LogP) is 1.23. The number of hydrogen-bond donors (Lipinski definition) is 3. The Morgan fingerprint density at radius 3 is 2.60 bits per heavy atom. The third kappa shape index (κ3) is 3.46. The van der Waals surface area contributed by atoms with E-state index in [0.29, 0.717) is 17.9 Å². The summed E-state index contributed by atoms with van der Waals surface area (Å²) in [4.78, 5) is 4.21. The van der Waals surface area contributed by atoms with E-state index in [1.807, 2.05) is 19.1 Å². The molecule has 0 radical (unpaired) electrons. The van der Waals surface area contributed by atoms with Crippen molar-refractivity contribution in [2.75, 3.05) is 11.1 Å². The molecule has 2 rings (SSSR count). The molecule has 106 valence electrons. The molecular formula is C13H16N4O2S. The number of nitrogens with zero attached hydrogens (tertiary/aromatic N) is 1. The Kier molecular flexibility index (Phi) is 3.91. The highest BCUT2D eigenvalue weighted by Gasteiger charge is 2.10. The number of aryl methyl sites for hydroxylation is 1. The Bertz CT molecular complexity index is 712. The van der Waals surface area contributed by atoms with Gasteiger partial charge < -0.3 is 11.1 Å². The van der Waals surface area contributed by atoms with Crippen molar-refractivity contribution in [2.24, 2.45) is 5.14 Å². The number of nitrogens with one attached hydrogen (secondary N) is 1. The van der Waals surface area contributed by atoms with Gasteiger partial charge in [-0.1, -0.05) is 6.07 Å². The number of sulfonamides is 1. The molecule has 7 heteroatoms. The molecule has 6 nitrogen and oxygen atoms in total. The largest absolute Gasteiger partial charge is 0.397 e. The van der Waals surface area contributed by atoms with E-state index in [4.69, 9.17) is 10.9 Å². The average molecular weight is 292 g/mol. The minimum Gasteiger partial charge on any atom is -0.397 e. The molecular weight excluding hydrogens is 276 g/mol. The summed E-state index contributed by atoms with van der Waals surface area (Å²) in [5.74, 6) is 0. The van der Waals surface area contributed by atoms with Crippen molar-refractivity contribution in [3.8, 4) is 0 Å². The van der Waals surface area contributed by atoms with E-state index in [0.717, 1.165) is 11.3 Å². The first-order chi connectivity index (χ1) is 9.36. The molecule has 0 aliphatic rings. The van der Waals surface area contributed by atoms with Crippen LogP contribution < -0.4 is 16.2 Å². The van der Waals surface area contributed by atoms with Crippen LogP contribution in [-0.2, 0) is 16.6 Å². The lowest BCUT2D eigenvalue weighted by molar-refractivity contribution is 0.598. The summed E-state index contributed by atoms with van der Waals surface area (Å²) in [6, 6.07) is 8.15. The molecule has 0 saturated carbocycles. The van der Waals surface area contributed by atoms with Crippen LogP contribution in [0.25, 0.3) is 0 Å². The van der Waals surface area contributed by atoms with Crippen LogP contribution >= 0.6 is 0 Å². The zero-order valence-corrected chi connectivity index (χ0v) is 11.8. The van der Waals surface area contributed by atoms with Gasteiger partial charge in [0.05, 0.1) is 16.3 Å². The molecule has 1 aromatic carbocycles. The summed E-state index contributed by atoms with van der Waals surface area (Å²) >= 11 is 0. The van der Waals surface area contributed by atoms with Crippen molar-refractivity contribution in [3.63, 3.8) is 0 Å². The zero-order valence-electron chi connectivity index (χ0n) is 11.0. The summed E-state index contributed by atoms with van der Waals surface area (Å²) in [5.41, 5.74) is 8.69. The van der Waals surface area contributed by atoms with Gasteiger partial charge in [-0.15, -0.1) is 0 Å². The van der Waals surface area contributed by atoms with E-state index in [-0.39, 0.29) is 4.90 Å². The monoisotopic (exact) mass is 292 g/mol. The Balaban J connectivity index is 2.19.